The van der Waals surface area contributed by atoms with Gasteiger partial charge in [0.05, 0.1) is 28.6 Å². The first-order valence-corrected chi connectivity index (χ1v) is 6.76. The van der Waals surface area contributed by atoms with Gasteiger partial charge < -0.3 is 9.84 Å². The van der Waals surface area contributed by atoms with Gasteiger partial charge in [-0.05, 0) is 31.2 Å². The van der Waals surface area contributed by atoms with E-state index in [1.54, 1.807) is 12.3 Å². The van der Waals surface area contributed by atoms with Crippen LogP contribution in [0, 0.1) is 0 Å². The smallest absolute Gasteiger partial charge is 0.144 e. The van der Waals surface area contributed by atoms with Crippen LogP contribution in [0.3, 0.4) is 0 Å². The van der Waals surface area contributed by atoms with E-state index in [4.69, 9.17) is 4.74 Å². The molecule has 0 bridgehead atoms. The van der Waals surface area contributed by atoms with E-state index in [0.29, 0.717) is 12.2 Å². The van der Waals surface area contributed by atoms with Crippen LogP contribution in [0.2, 0.25) is 0 Å². The highest BCUT2D eigenvalue weighted by atomic mass is 32.1. The maximum Gasteiger partial charge on any atom is 0.144 e. The molecule has 0 aliphatic rings. The summed E-state index contributed by atoms with van der Waals surface area (Å²) in [6, 6.07) is 7.56. The second-order valence-corrected chi connectivity index (χ2v) is 5.01. The molecule has 0 aliphatic heterocycles. The zero-order valence-electron chi connectivity index (χ0n) is 10.3. The molecule has 1 aromatic carbocycles. The highest BCUT2D eigenvalue weighted by molar-refractivity contribution is 7.21. The lowest BCUT2D eigenvalue weighted by atomic mass is 10.2. The third kappa shape index (κ3) is 2.24. The van der Waals surface area contributed by atoms with Crippen molar-refractivity contribution in [1.82, 2.24) is 9.97 Å². The molecule has 0 radical (unpaired) electrons. The van der Waals surface area contributed by atoms with E-state index in [2.05, 4.69) is 9.97 Å². The van der Waals surface area contributed by atoms with E-state index in [9.17, 15) is 5.11 Å². The van der Waals surface area contributed by atoms with Crippen molar-refractivity contribution in [3.8, 4) is 22.1 Å². The molecule has 5 heteroatoms. The fraction of sp³-hybridized carbons (Fsp3) is 0.143. The number of thiazole rings is 1. The van der Waals surface area contributed by atoms with Crippen LogP contribution in [-0.4, -0.2) is 21.7 Å². The van der Waals surface area contributed by atoms with E-state index in [-0.39, 0.29) is 5.75 Å². The largest absolute Gasteiger partial charge is 0.506 e. The molecule has 0 spiro atoms. The van der Waals surface area contributed by atoms with Crippen molar-refractivity contribution in [2.45, 2.75) is 6.92 Å². The van der Waals surface area contributed by atoms with Crippen molar-refractivity contribution in [3.63, 3.8) is 0 Å². The van der Waals surface area contributed by atoms with Crippen LogP contribution < -0.4 is 4.74 Å². The second kappa shape index (κ2) is 4.85. The zero-order chi connectivity index (χ0) is 13.2. The van der Waals surface area contributed by atoms with Crippen LogP contribution in [0.15, 0.2) is 36.7 Å². The Morgan fingerprint density at radius 1 is 1.32 bits per heavy atom. The number of pyridine rings is 1. The maximum absolute atomic E-state index is 9.81. The van der Waals surface area contributed by atoms with Gasteiger partial charge in [-0.1, -0.05) is 0 Å². The van der Waals surface area contributed by atoms with Gasteiger partial charge in [0.25, 0.3) is 0 Å². The van der Waals surface area contributed by atoms with Gasteiger partial charge in [-0.15, -0.1) is 11.3 Å². The first-order valence-electron chi connectivity index (χ1n) is 5.94. The molecular weight excluding hydrogens is 260 g/mol. The van der Waals surface area contributed by atoms with E-state index in [1.165, 1.54) is 17.5 Å². The summed E-state index contributed by atoms with van der Waals surface area (Å²) >= 11 is 1.53. The summed E-state index contributed by atoms with van der Waals surface area (Å²) in [5, 5.41) is 10.6. The minimum absolute atomic E-state index is 0.145. The summed E-state index contributed by atoms with van der Waals surface area (Å²) in [7, 11) is 0. The van der Waals surface area contributed by atoms with Crippen LogP contribution in [0.25, 0.3) is 20.8 Å². The molecule has 0 saturated carbocycles. The molecule has 3 rings (SSSR count). The van der Waals surface area contributed by atoms with Crippen molar-refractivity contribution in [1.29, 1.82) is 0 Å². The zero-order valence-corrected chi connectivity index (χ0v) is 11.1. The number of rotatable bonds is 3. The third-order valence-electron chi connectivity index (χ3n) is 2.70. The molecule has 2 heterocycles. The van der Waals surface area contributed by atoms with E-state index in [0.717, 1.165) is 21.0 Å². The lowest BCUT2D eigenvalue weighted by Crippen LogP contribution is -1.89. The SMILES string of the molecule is CCOc1ccc2nc(-c3ccncc3O)sc2c1. The summed E-state index contributed by atoms with van der Waals surface area (Å²) in [5.41, 5.74) is 1.61. The van der Waals surface area contributed by atoms with Gasteiger partial charge in [0.2, 0.25) is 0 Å². The number of aromatic nitrogens is 2. The Kier molecular flexibility index (Phi) is 3.05. The molecule has 2 aromatic heterocycles. The Balaban J connectivity index is 2.09. The molecule has 19 heavy (non-hydrogen) atoms. The standard InChI is InChI=1S/C14H12N2O2S/c1-2-18-9-3-4-11-13(7-9)19-14(16-11)10-5-6-15-8-12(10)17/h3-8,17H,2H2,1H3. The number of fused-ring (bicyclic) bond motifs is 1. The van der Waals surface area contributed by atoms with Gasteiger partial charge in [0.15, 0.2) is 0 Å². The summed E-state index contributed by atoms with van der Waals surface area (Å²) in [4.78, 5) is 8.39. The predicted octanol–water partition coefficient (Wildman–Crippen LogP) is 3.46. The van der Waals surface area contributed by atoms with Crippen LogP contribution in [0.4, 0.5) is 0 Å². The van der Waals surface area contributed by atoms with E-state index in [1.807, 2.05) is 25.1 Å². The summed E-state index contributed by atoms with van der Waals surface area (Å²) in [6.45, 7) is 2.60. The average Bonchev–Trinajstić information content (AvgIpc) is 2.82. The fourth-order valence-corrected chi connectivity index (χ4v) is 2.87. The van der Waals surface area contributed by atoms with Gasteiger partial charge in [0, 0.05) is 6.20 Å². The van der Waals surface area contributed by atoms with Crippen molar-refractivity contribution in [2.75, 3.05) is 6.61 Å². The minimum Gasteiger partial charge on any atom is -0.506 e. The number of benzene rings is 1. The van der Waals surface area contributed by atoms with Crippen LogP contribution in [-0.2, 0) is 0 Å². The molecule has 0 saturated heterocycles. The van der Waals surface area contributed by atoms with Crippen molar-refractivity contribution in [3.05, 3.63) is 36.7 Å². The highest BCUT2D eigenvalue weighted by Crippen LogP contribution is 2.35. The highest BCUT2D eigenvalue weighted by Gasteiger charge is 2.10. The summed E-state index contributed by atoms with van der Waals surface area (Å²) < 4.78 is 6.51. The van der Waals surface area contributed by atoms with Gasteiger partial charge >= 0.3 is 0 Å². The lowest BCUT2D eigenvalue weighted by Gasteiger charge is -2.00. The third-order valence-corrected chi connectivity index (χ3v) is 3.75. The lowest BCUT2D eigenvalue weighted by molar-refractivity contribution is 0.341. The van der Waals surface area contributed by atoms with Crippen LogP contribution in [0.5, 0.6) is 11.5 Å². The van der Waals surface area contributed by atoms with Gasteiger partial charge in [0.1, 0.15) is 16.5 Å². The number of nitrogens with zero attached hydrogens (tertiary/aromatic N) is 2. The van der Waals surface area contributed by atoms with Crippen LogP contribution >= 0.6 is 11.3 Å². The number of hydrogen-bond acceptors (Lipinski definition) is 5. The molecule has 96 valence electrons. The van der Waals surface area contributed by atoms with Crippen molar-refractivity contribution < 1.29 is 9.84 Å². The number of hydrogen-bond donors (Lipinski definition) is 1. The Morgan fingerprint density at radius 3 is 3.00 bits per heavy atom. The Hall–Kier alpha value is -2.14. The Morgan fingerprint density at radius 2 is 2.21 bits per heavy atom. The second-order valence-electron chi connectivity index (χ2n) is 3.97. The monoisotopic (exact) mass is 272 g/mol. The number of aromatic hydroxyl groups is 1. The topological polar surface area (TPSA) is 55.2 Å². The number of ether oxygens (including phenoxy) is 1. The molecule has 0 aliphatic carbocycles. The maximum atomic E-state index is 9.81. The molecule has 3 aromatic rings. The summed E-state index contributed by atoms with van der Waals surface area (Å²) in [6.07, 6.45) is 3.07. The van der Waals surface area contributed by atoms with Crippen molar-refractivity contribution in [2.24, 2.45) is 0 Å². The molecule has 0 fully saturated rings. The van der Waals surface area contributed by atoms with E-state index >= 15 is 0 Å². The fourth-order valence-electron chi connectivity index (χ4n) is 1.84. The summed E-state index contributed by atoms with van der Waals surface area (Å²) in [5.74, 6) is 0.982. The predicted molar refractivity (Wildman–Crippen MR) is 75.7 cm³/mol. The first kappa shape index (κ1) is 11.9. The van der Waals surface area contributed by atoms with Gasteiger partial charge in [-0.25, -0.2) is 4.98 Å². The Labute approximate surface area is 114 Å². The molecule has 4 nitrogen and oxygen atoms in total. The van der Waals surface area contributed by atoms with Gasteiger partial charge in [-0.3, -0.25) is 4.98 Å². The molecule has 0 amide bonds. The van der Waals surface area contributed by atoms with Crippen LogP contribution in [0.1, 0.15) is 6.92 Å². The normalized spacial score (nSPS) is 10.8. The van der Waals surface area contributed by atoms with Gasteiger partial charge in [-0.2, -0.15) is 0 Å². The average molecular weight is 272 g/mol. The molecular formula is C14H12N2O2S. The molecule has 0 atom stereocenters. The Bertz CT molecular complexity index is 724. The molecule has 0 unspecified atom stereocenters. The quantitative estimate of drug-likeness (QED) is 0.793. The van der Waals surface area contributed by atoms with Crippen molar-refractivity contribution >= 4 is 21.6 Å². The minimum atomic E-state index is 0.145. The first-order chi connectivity index (χ1) is 9.28. The molecule has 1 N–H and O–H groups in total. The van der Waals surface area contributed by atoms with E-state index < -0.39 is 0 Å².